The molecule has 2 saturated heterocycles. The van der Waals surface area contributed by atoms with E-state index < -0.39 is 0 Å². The molecule has 3 heterocycles. The monoisotopic (exact) mass is 210 g/mol. The standard InChI is InChI=1S/C9H14N4S/c10-6-3-7-1-2-8(4-6)13(7)9-5-14-12-11-9/h5-8H,1-4,10H2. The Bertz CT molecular complexity index is 299. The van der Waals surface area contributed by atoms with Crippen molar-refractivity contribution in [3.63, 3.8) is 0 Å². The van der Waals surface area contributed by atoms with Crippen molar-refractivity contribution in [2.45, 2.75) is 43.8 Å². The SMILES string of the molecule is NC1CC2CCC(C1)N2c1csnn1. The summed E-state index contributed by atoms with van der Waals surface area (Å²) < 4.78 is 3.93. The zero-order chi connectivity index (χ0) is 9.54. The number of nitrogens with zero attached hydrogens (tertiary/aromatic N) is 3. The number of rotatable bonds is 1. The van der Waals surface area contributed by atoms with E-state index in [4.69, 9.17) is 5.73 Å². The molecule has 2 aliphatic rings. The van der Waals surface area contributed by atoms with E-state index in [0.717, 1.165) is 18.7 Å². The molecule has 3 rings (SSSR count). The zero-order valence-corrected chi connectivity index (χ0v) is 8.78. The summed E-state index contributed by atoms with van der Waals surface area (Å²) in [7, 11) is 0. The quantitative estimate of drug-likeness (QED) is 0.751. The maximum absolute atomic E-state index is 6.01. The van der Waals surface area contributed by atoms with Crippen LogP contribution in [0.3, 0.4) is 0 Å². The van der Waals surface area contributed by atoms with E-state index in [-0.39, 0.29) is 0 Å². The molecule has 0 spiro atoms. The van der Waals surface area contributed by atoms with Crippen LogP contribution in [0.25, 0.3) is 0 Å². The minimum Gasteiger partial charge on any atom is -0.348 e. The first-order valence-electron chi connectivity index (χ1n) is 5.15. The summed E-state index contributed by atoms with van der Waals surface area (Å²) in [6, 6.07) is 1.63. The van der Waals surface area contributed by atoms with Crippen LogP contribution in [0.5, 0.6) is 0 Å². The van der Waals surface area contributed by atoms with Crippen molar-refractivity contribution in [3.05, 3.63) is 5.38 Å². The Hall–Kier alpha value is -0.680. The lowest BCUT2D eigenvalue weighted by molar-refractivity contribution is 0.412. The first-order valence-corrected chi connectivity index (χ1v) is 5.99. The van der Waals surface area contributed by atoms with Crippen LogP contribution in [0.2, 0.25) is 0 Å². The topological polar surface area (TPSA) is 55.0 Å². The Morgan fingerprint density at radius 3 is 2.64 bits per heavy atom. The van der Waals surface area contributed by atoms with Gasteiger partial charge in [-0.1, -0.05) is 4.49 Å². The highest BCUT2D eigenvalue weighted by atomic mass is 32.1. The van der Waals surface area contributed by atoms with Gasteiger partial charge in [-0.3, -0.25) is 0 Å². The van der Waals surface area contributed by atoms with Gasteiger partial charge in [-0.15, -0.1) is 5.10 Å². The van der Waals surface area contributed by atoms with E-state index >= 15 is 0 Å². The average molecular weight is 210 g/mol. The Kier molecular flexibility index (Phi) is 1.95. The molecule has 2 fully saturated rings. The summed E-state index contributed by atoms with van der Waals surface area (Å²) in [4.78, 5) is 2.44. The molecule has 4 nitrogen and oxygen atoms in total. The first kappa shape index (κ1) is 8.61. The molecule has 0 radical (unpaired) electrons. The molecule has 0 aromatic carbocycles. The van der Waals surface area contributed by atoms with Crippen molar-refractivity contribution in [3.8, 4) is 0 Å². The van der Waals surface area contributed by atoms with E-state index in [2.05, 4.69) is 14.5 Å². The first-order chi connectivity index (χ1) is 6.84. The molecular weight excluding hydrogens is 196 g/mol. The summed E-state index contributed by atoms with van der Waals surface area (Å²) in [5.41, 5.74) is 6.01. The molecule has 2 N–H and O–H groups in total. The molecule has 1 aromatic heterocycles. The molecule has 2 bridgehead atoms. The maximum Gasteiger partial charge on any atom is 0.164 e. The second-order valence-electron chi connectivity index (χ2n) is 4.29. The fourth-order valence-electron chi connectivity index (χ4n) is 2.87. The van der Waals surface area contributed by atoms with Crippen LogP contribution >= 0.6 is 11.5 Å². The molecule has 1 aromatic rings. The summed E-state index contributed by atoms with van der Waals surface area (Å²) in [5, 5.41) is 6.20. The predicted octanol–water partition coefficient (Wildman–Crippen LogP) is 0.997. The van der Waals surface area contributed by atoms with Gasteiger partial charge in [0.2, 0.25) is 0 Å². The molecule has 2 unspecified atom stereocenters. The molecule has 5 heteroatoms. The highest BCUT2D eigenvalue weighted by molar-refractivity contribution is 7.03. The summed E-state index contributed by atoms with van der Waals surface area (Å²) in [6.45, 7) is 0. The average Bonchev–Trinajstić information content (AvgIpc) is 2.72. The third kappa shape index (κ3) is 1.23. The Morgan fingerprint density at radius 1 is 1.36 bits per heavy atom. The maximum atomic E-state index is 6.01. The normalized spacial score (nSPS) is 36.4. The number of anilines is 1. The van der Waals surface area contributed by atoms with E-state index in [1.165, 1.54) is 24.4 Å². The van der Waals surface area contributed by atoms with Gasteiger partial charge >= 0.3 is 0 Å². The van der Waals surface area contributed by atoms with Crippen LogP contribution in [0.4, 0.5) is 5.82 Å². The van der Waals surface area contributed by atoms with E-state index in [9.17, 15) is 0 Å². The third-order valence-corrected chi connectivity index (χ3v) is 3.87. The molecular formula is C9H14N4S. The predicted molar refractivity (Wildman–Crippen MR) is 56.4 cm³/mol. The van der Waals surface area contributed by atoms with Gasteiger partial charge in [-0.25, -0.2) is 0 Å². The van der Waals surface area contributed by atoms with Crippen molar-refractivity contribution in [1.29, 1.82) is 0 Å². The highest BCUT2D eigenvalue weighted by Gasteiger charge is 2.40. The van der Waals surface area contributed by atoms with Gasteiger partial charge in [0, 0.05) is 18.1 Å². The van der Waals surface area contributed by atoms with Gasteiger partial charge in [0.25, 0.3) is 0 Å². The molecule has 2 atom stereocenters. The largest absolute Gasteiger partial charge is 0.348 e. The third-order valence-electron chi connectivity index (χ3n) is 3.38. The fourth-order valence-corrected chi connectivity index (χ4v) is 3.31. The lowest BCUT2D eigenvalue weighted by atomic mass is 9.98. The van der Waals surface area contributed by atoms with Gasteiger partial charge in [-0.2, -0.15) is 0 Å². The van der Waals surface area contributed by atoms with Crippen LogP contribution in [0.1, 0.15) is 25.7 Å². The van der Waals surface area contributed by atoms with E-state index in [0.29, 0.717) is 18.1 Å². The molecule has 76 valence electrons. The number of nitrogens with two attached hydrogens (primary N) is 1. The number of hydrogen-bond acceptors (Lipinski definition) is 5. The van der Waals surface area contributed by atoms with Crippen LogP contribution in [0.15, 0.2) is 5.38 Å². The molecule has 0 aliphatic carbocycles. The van der Waals surface area contributed by atoms with Crippen LogP contribution in [-0.4, -0.2) is 27.7 Å². The van der Waals surface area contributed by atoms with Gasteiger partial charge in [-0.05, 0) is 37.2 Å². The Morgan fingerprint density at radius 2 is 2.07 bits per heavy atom. The summed E-state index contributed by atoms with van der Waals surface area (Å²) in [6.07, 6.45) is 4.79. The van der Waals surface area contributed by atoms with Crippen LogP contribution in [0, 0.1) is 0 Å². The highest BCUT2D eigenvalue weighted by Crippen LogP contribution is 2.37. The smallest absolute Gasteiger partial charge is 0.164 e. The van der Waals surface area contributed by atoms with Gasteiger partial charge < -0.3 is 10.6 Å². The Labute approximate surface area is 87.3 Å². The number of fused-ring (bicyclic) bond motifs is 2. The number of piperidine rings is 1. The van der Waals surface area contributed by atoms with Gasteiger partial charge in [0.1, 0.15) is 0 Å². The second-order valence-corrected chi connectivity index (χ2v) is 4.90. The van der Waals surface area contributed by atoms with Crippen molar-refractivity contribution in [2.24, 2.45) is 5.73 Å². The second kappa shape index (κ2) is 3.17. The minimum absolute atomic E-state index is 0.398. The molecule has 0 amide bonds. The Balaban J connectivity index is 1.88. The van der Waals surface area contributed by atoms with E-state index in [1.54, 1.807) is 0 Å². The van der Waals surface area contributed by atoms with Crippen molar-refractivity contribution in [1.82, 2.24) is 9.59 Å². The van der Waals surface area contributed by atoms with E-state index in [1.807, 2.05) is 5.38 Å². The van der Waals surface area contributed by atoms with Gasteiger partial charge in [0.05, 0.1) is 5.38 Å². The fraction of sp³-hybridized carbons (Fsp3) is 0.778. The molecule has 2 aliphatic heterocycles. The van der Waals surface area contributed by atoms with Gasteiger partial charge in [0.15, 0.2) is 5.82 Å². The molecule has 14 heavy (non-hydrogen) atoms. The van der Waals surface area contributed by atoms with Crippen LogP contribution < -0.4 is 10.6 Å². The lowest BCUT2D eigenvalue weighted by Crippen LogP contribution is -2.47. The van der Waals surface area contributed by atoms with Crippen molar-refractivity contribution in [2.75, 3.05) is 4.90 Å². The number of hydrogen-bond donors (Lipinski definition) is 1. The van der Waals surface area contributed by atoms with Crippen molar-refractivity contribution >= 4 is 17.4 Å². The zero-order valence-electron chi connectivity index (χ0n) is 7.97. The van der Waals surface area contributed by atoms with Crippen molar-refractivity contribution < 1.29 is 0 Å². The van der Waals surface area contributed by atoms with Crippen LogP contribution in [-0.2, 0) is 0 Å². The number of aromatic nitrogens is 2. The lowest BCUT2D eigenvalue weighted by Gasteiger charge is -2.37. The minimum atomic E-state index is 0.398. The summed E-state index contributed by atoms with van der Waals surface area (Å²) in [5.74, 6) is 1.06. The summed E-state index contributed by atoms with van der Waals surface area (Å²) >= 11 is 1.43. The molecule has 0 saturated carbocycles.